The largest absolute Gasteiger partial charge is 0.376 e. The zero-order valence-electron chi connectivity index (χ0n) is 19.6. The highest BCUT2D eigenvalue weighted by Gasteiger charge is 2.16. The summed E-state index contributed by atoms with van der Waals surface area (Å²) in [6.07, 6.45) is 10.2. The first-order valence-corrected chi connectivity index (χ1v) is 12.3. The quantitative estimate of drug-likeness (QED) is 0.272. The highest BCUT2D eigenvalue weighted by atomic mass is 16.5. The van der Waals surface area contributed by atoms with Gasteiger partial charge < -0.3 is 25.2 Å². The maximum atomic E-state index is 6.08. The van der Waals surface area contributed by atoms with Gasteiger partial charge in [0.25, 0.3) is 0 Å². The third-order valence-electron chi connectivity index (χ3n) is 6.27. The molecule has 0 bridgehead atoms. The van der Waals surface area contributed by atoms with E-state index in [0.29, 0.717) is 12.6 Å². The number of nitrogens with zero attached hydrogens (tertiary/aromatic N) is 4. The van der Waals surface area contributed by atoms with E-state index in [1.807, 2.05) is 6.20 Å². The third-order valence-corrected chi connectivity index (χ3v) is 6.27. The molecule has 1 saturated heterocycles. The second-order valence-corrected chi connectivity index (χ2v) is 8.55. The minimum atomic E-state index is 0.443. The Morgan fingerprint density at radius 3 is 2.48 bits per heavy atom. The van der Waals surface area contributed by atoms with Crippen LogP contribution >= 0.6 is 0 Å². The SMILES string of the molecule is CCNC(=NCc1ccc(N2CCN(CC)CC2)nc1)NCCOC1CCCCCC1. The molecule has 1 saturated carbocycles. The fraction of sp³-hybridized carbons (Fsp3) is 0.750. The molecule has 3 rings (SSSR count). The van der Waals surface area contributed by atoms with Crippen LogP contribution in [0.5, 0.6) is 0 Å². The van der Waals surface area contributed by atoms with E-state index in [1.165, 1.54) is 38.5 Å². The van der Waals surface area contributed by atoms with Crippen LogP contribution in [0.15, 0.2) is 23.3 Å². The lowest BCUT2D eigenvalue weighted by Crippen LogP contribution is -2.46. The van der Waals surface area contributed by atoms with Gasteiger partial charge in [0, 0.05) is 45.5 Å². The smallest absolute Gasteiger partial charge is 0.191 e. The van der Waals surface area contributed by atoms with Gasteiger partial charge in [0.1, 0.15) is 5.82 Å². The topological polar surface area (TPSA) is 65.0 Å². The highest BCUT2D eigenvalue weighted by molar-refractivity contribution is 5.79. The molecule has 1 aromatic heterocycles. The van der Waals surface area contributed by atoms with Crippen molar-refractivity contribution < 1.29 is 4.74 Å². The Balaban J connectivity index is 1.41. The normalized spacial score (nSPS) is 19.3. The predicted octanol–water partition coefficient (Wildman–Crippen LogP) is 3.02. The molecule has 2 heterocycles. The zero-order valence-corrected chi connectivity index (χ0v) is 19.6. The predicted molar refractivity (Wildman–Crippen MR) is 129 cm³/mol. The Bertz CT molecular complexity index is 634. The van der Waals surface area contributed by atoms with E-state index in [0.717, 1.165) is 69.8 Å². The first-order valence-electron chi connectivity index (χ1n) is 12.3. The molecule has 0 aromatic carbocycles. The summed E-state index contributed by atoms with van der Waals surface area (Å²) in [7, 11) is 0. The Hall–Kier alpha value is -1.86. The van der Waals surface area contributed by atoms with Gasteiger partial charge in [-0.2, -0.15) is 0 Å². The van der Waals surface area contributed by atoms with E-state index >= 15 is 0 Å². The summed E-state index contributed by atoms with van der Waals surface area (Å²) in [6, 6.07) is 4.28. The highest BCUT2D eigenvalue weighted by Crippen LogP contribution is 2.19. The molecule has 0 amide bonds. The van der Waals surface area contributed by atoms with E-state index < -0.39 is 0 Å². The molecule has 1 aromatic rings. The number of hydrogen-bond acceptors (Lipinski definition) is 5. The van der Waals surface area contributed by atoms with Crippen molar-refractivity contribution in [2.45, 2.75) is 65.0 Å². The van der Waals surface area contributed by atoms with Crippen molar-refractivity contribution in [3.8, 4) is 0 Å². The molecule has 7 heteroatoms. The molecule has 1 aliphatic heterocycles. The average Bonchev–Trinajstić information content (AvgIpc) is 3.09. The number of rotatable bonds is 9. The number of piperazine rings is 1. The van der Waals surface area contributed by atoms with Gasteiger partial charge >= 0.3 is 0 Å². The molecule has 31 heavy (non-hydrogen) atoms. The van der Waals surface area contributed by atoms with Crippen LogP contribution in [0.2, 0.25) is 0 Å². The van der Waals surface area contributed by atoms with Crippen LogP contribution in [0, 0.1) is 0 Å². The van der Waals surface area contributed by atoms with E-state index in [2.05, 4.69) is 51.4 Å². The number of nitrogens with one attached hydrogen (secondary N) is 2. The van der Waals surface area contributed by atoms with Gasteiger partial charge in [-0.15, -0.1) is 0 Å². The van der Waals surface area contributed by atoms with Crippen LogP contribution in [-0.2, 0) is 11.3 Å². The number of aromatic nitrogens is 1. The zero-order chi connectivity index (χ0) is 21.7. The minimum absolute atomic E-state index is 0.443. The second kappa shape index (κ2) is 13.5. The lowest BCUT2D eigenvalue weighted by atomic mass is 10.1. The first kappa shape index (κ1) is 23.8. The molecule has 0 spiro atoms. The number of aliphatic imine (C=N–C) groups is 1. The molecule has 0 atom stereocenters. The summed E-state index contributed by atoms with van der Waals surface area (Å²) in [5.74, 6) is 1.91. The van der Waals surface area contributed by atoms with E-state index in [9.17, 15) is 0 Å². The van der Waals surface area contributed by atoms with Crippen molar-refractivity contribution in [1.29, 1.82) is 0 Å². The van der Waals surface area contributed by atoms with Gasteiger partial charge in [0.15, 0.2) is 5.96 Å². The molecule has 1 aliphatic carbocycles. The minimum Gasteiger partial charge on any atom is -0.376 e. The monoisotopic (exact) mass is 430 g/mol. The van der Waals surface area contributed by atoms with Crippen molar-refractivity contribution >= 4 is 11.8 Å². The molecule has 174 valence electrons. The molecular weight excluding hydrogens is 388 g/mol. The number of pyridine rings is 1. The number of guanidine groups is 1. The summed E-state index contributed by atoms with van der Waals surface area (Å²) in [5.41, 5.74) is 1.13. The van der Waals surface area contributed by atoms with Crippen LogP contribution in [0.3, 0.4) is 0 Å². The van der Waals surface area contributed by atoms with Crippen molar-refractivity contribution in [2.75, 3.05) is 57.3 Å². The second-order valence-electron chi connectivity index (χ2n) is 8.55. The Labute approximate surface area is 188 Å². The van der Waals surface area contributed by atoms with Crippen molar-refractivity contribution in [3.05, 3.63) is 23.9 Å². The van der Waals surface area contributed by atoms with Crippen molar-refractivity contribution in [1.82, 2.24) is 20.5 Å². The van der Waals surface area contributed by atoms with Gasteiger partial charge in [-0.1, -0.05) is 38.7 Å². The molecule has 2 fully saturated rings. The van der Waals surface area contributed by atoms with Crippen LogP contribution in [0.1, 0.15) is 57.9 Å². The van der Waals surface area contributed by atoms with Gasteiger partial charge in [-0.05, 0) is 37.9 Å². The van der Waals surface area contributed by atoms with Gasteiger partial charge in [0.05, 0.1) is 19.3 Å². The van der Waals surface area contributed by atoms with Crippen LogP contribution in [0.4, 0.5) is 5.82 Å². The van der Waals surface area contributed by atoms with E-state index in [-0.39, 0.29) is 0 Å². The molecule has 2 N–H and O–H groups in total. The average molecular weight is 431 g/mol. The molecule has 2 aliphatic rings. The number of likely N-dealkylation sites (N-methyl/N-ethyl adjacent to an activating group) is 1. The van der Waals surface area contributed by atoms with Crippen molar-refractivity contribution in [2.24, 2.45) is 4.99 Å². The maximum Gasteiger partial charge on any atom is 0.191 e. The Morgan fingerprint density at radius 2 is 1.84 bits per heavy atom. The van der Waals surface area contributed by atoms with Crippen LogP contribution < -0.4 is 15.5 Å². The summed E-state index contributed by atoms with van der Waals surface area (Å²) >= 11 is 0. The Morgan fingerprint density at radius 1 is 1.06 bits per heavy atom. The van der Waals surface area contributed by atoms with Gasteiger partial charge in [0.2, 0.25) is 0 Å². The summed E-state index contributed by atoms with van der Waals surface area (Å²) < 4.78 is 6.08. The summed E-state index contributed by atoms with van der Waals surface area (Å²) in [6.45, 7) is 12.8. The Kier molecular flexibility index (Phi) is 10.4. The molecule has 7 nitrogen and oxygen atoms in total. The molecule has 0 unspecified atom stereocenters. The molecular formula is C24H42N6O. The van der Waals surface area contributed by atoms with E-state index in [4.69, 9.17) is 9.73 Å². The van der Waals surface area contributed by atoms with Gasteiger partial charge in [-0.3, -0.25) is 0 Å². The number of ether oxygens (including phenoxy) is 1. The maximum absolute atomic E-state index is 6.08. The molecule has 0 radical (unpaired) electrons. The standard InChI is InChI=1S/C24H42N6O/c1-3-25-24(26-13-18-31-22-9-7-5-6-8-10-22)28-20-21-11-12-23(27-19-21)30-16-14-29(4-2)15-17-30/h11-12,19,22H,3-10,13-18,20H2,1-2H3,(H2,25,26,28). The van der Waals surface area contributed by atoms with Crippen LogP contribution in [-0.4, -0.2) is 74.4 Å². The third kappa shape index (κ3) is 8.30. The summed E-state index contributed by atoms with van der Waals surface area (Å²) in [5, 5.41) is 6.72. The van der Waals surface area contributed by atoms with Crippen LogP contribution in [0.25, 0.3) is 0 Å². The summed E-state index contributed by atoms with van der Waals surface area (Å²) in [4.78, 5) is 14.3. The van der Waals surface area contributed by atoms with Crippen molar-refractivity contribution in [3.63, 3.8) is 0 Å². The fourth-order valence-electron chi connectivity index (χ4n) is 4.31. The number of hydrogen-bond donors (Lipinski definition) is 2. The lowest BCUT2D eigenvalue weighted by Gasteiger charge is -2.34. The first-order chi connectivity index (χ1) is 15.3. The lowest BCUT2D eigenvalue weighted by molar-refractivity contribution is 0.0468. The number of anilines is 1. The fourth-order valence-corrected chi connectivity index (χ4v) is 4.31. The van der Waals surface area contributed by atoms with E-state index in [1.54, 1.807) is 0 Å². The van der Waals surface area contributed by atoms with Gasteiger partial charge in [-0.25, -0.2) is 9.98 Å².